The van der Waals surface area contributed by atoms with E-state index in [2.05, 4.69) is 0 Å². The molecule has 2 aromatic heterocycles. The second-order valence-corrected chi connectivity index (χ2v) is 3.55. The number of H-pyrrole nitrogens is 4. The van der Waals surface area contributed by atoms with E-state index in [4.69, 9.17) is 0 Å². The molecule has 27 heavy (non-hydrogen) atoms. The van der Waals surface area contributed by atoms with Crippen molar-refractivity contribution in [1.82, 2.24) is 19.9 Å². The quantitative estimate of drug-likeness (QED) is 0.256. The molecule has 0 saturated carbocycles. The molecule has 0 aliphatic heterocycles. The third-order valence-corrected chi connectivity index (χ3v) is 2.08. The standard InChI is InChI=1S/2C5H4N2O4.Fe.4H2O/c2*8-3-2(4(9)10)1-6-5(11)7-3;;;;;/h2*1H,(H,9,10)(H2,6,7,8,11);;4*1H2/q;;+2;;;;. The molecule has 0 atom stereocenters. The van der Waals surface area contributed by atoms with E-state index in [9.17, 15) is 39.0 Å². The summed E-state index contributed by atoms with van der Waals surface area (Å²) in [5, 5.41) is 20.2. The predicted molar refractivity (Wildman–Crippen MR) is 81.0 cm³/mol. The second-order valence-electron chi connectivity index (χ2n) is 3.55. The van der Waals surface area contributed by atoms with Gasteiger partial charge in [0.2, 0.25) is 0 Å². The van der Waals surface area contributed by atoms with Gasteiger partial charge in [0, 0.05) is 12.4 Å². The Bertz CT molecular complexity index is 865. The minimum Gasteiger partial charge on any atom is -0.545 e. The van der Waals surface area contributed by atoms with Gasteiger partial charge in [-0.05, 0) is 0 Å². The van der Waals surface area contributed by atoms with Crippen LogP contribution in [-0.2, 0) is 28.0 Å². The number of carboxylic acid groups (broad SMARTS) is 2. The van der Waals surface area contributed by atoms with Crippen LogP contribution in [0.5, 0.6) is 0 Å². The smallest absolute Gasteiger partial charge is 0.545 e. The van der Waals surface area contributed by atoms with E-state index in [1.807, 2.05) is 9.97 Å². The van der Waals surface area contributed by atoms with Crippen molar-refractivity contribution in [3.05, 3.63) is 65.2 Å². The second kappa shape index (κ2) is 15.0. The Labute approximate surface area is 156 Å². The molecule has 0 aromatic carbocycles. The van der Waals surface area contributed by atoms with Crippen LogP contribution in [0.2, 0.25) is 0 Å². The van der Waals surface area contributed by atoms with Crippen molar-refractivity contribution in [1.29, 1.82) is 0 Å². The molecule has 14 N–H and O–H groups in total. The van der Waals surface area contributed by atoms with Gasteiger partial charge >= 0.3 is 28.4 Å². The molecular weight excluding hydrogens is 424 g/mol. The van der Waals surface area contributed by atoms with Gasteiger partial charge in [-0.15, -0.1) is 0 Å². The topological polar surface area (TPSA) is 341 Å². The van der Waals surface area contributed by atoms with Crippen LogP contribution in [0.4, 0.5) is 0 Å². The van der Waals surface area contributed by atoms with Gasteiger partial charge in [-0.3, -0.25) is 19.6 Å². The molecule has 0 bridgehead atoms. The molecule has 0 radical (unpaired) electrons. The molecule has 2 heterocycles. The van der Waals surface area contributed by atoms with Crippen molar-refractivity contribution in [3.8, 4) is 0 Å². The van der Waals surface area contributed by atoms with Crippen molar-refractivity contribution in [2.75, 3.05) is 0 Å². The molecule has 0 amide bonds. The first-order valence-corrected chi connectivity index (χ1v) is 5.29. The van der Waals surface area contributed by atoms with E-state index in [-0.39, 0.29) is 39.0 Å². The molecule has 17 heteroatoms. The fourth-order valence-electron chi connectivity index (χ4n) is 1.12. The van der Waals surface area contributed by atoms with Gasteiger partial charge in [0.15, 0.2) is 0 Å². The van der Waals surface area contributed by atoms with E-state index < -0.39 is 45.6 Å². The minimum absolute atomic E-state index is 0. The zero-order valence-corrected chi connectivity index (χ0v) is 14.0. The third-order valence-electron chi connectivity index (χ3n) is 2.08. The van der Waals surface area contributed by atoms with Crippen molar-refractivity contribution in [2.45, 2.75) is 0 Å². The molecule has 16 nitrogen and oxygen atoms in total. The van der Waals surface area contributed by atoms with Crippen molar-refractivity contribution in [3.63, 3.8) is 0 Å². The number of hydrogen-bond acceptors (Lipinski definition) is 8. The van der Waals surface area contributed by atoms with E-state index in [0.29, 0.717) is 0 Å². The average molecular weight is 440 g/mol. The summed E-state index contributed by atoms with van der Waals surface area (Å²) in [6.07, 6.45) is 1.58. The molecule has 0 aliphatic rings. The Hall–Kier alpha value is -3.34. The average Bonchev–Trinajstić information content (AvgIpc) is 2.38. The predicted octanol–water partition coefficient (Wildman–Crippen LogP) is -8.64. The molecule has 0 spiro atoms. The number of rotatable bonds is 2. The van der Waals surface area contributed by atoms with Crippen LogP contribution < -0.4 is 32.7 Å². The fraction of sp³-hybridized carbons (Fsp3) is 0. The molecule has 0 saturated heterocycles. The van der Waals surface area contributed by atoms with Gasteiger partial charge in [-0.1, -0.05) is 0 Å². The van der Waals surface area contributed by atoms with Gasteiger partial charge < -0.3 is 51.7 Å². The number of carbonyl (C=O) groups excluding carboxylic acids is 2. The van der Waals surface area contributed by atoms with Crippen LogP contribution in [-0.4, -0.2) is 42.8 Å². The molecule has 0 unspecified atom stereocenters. The van der Waals surface area contributed by atoms with Crippen LogP contribution >= 0.6 is 0 Å². The van der Waals surface area contributed by atoms with E-state index in [0.717, 1.165) is 12.4 Å². The summed E-state index contributed by atoms with van der Waals surface area (Å²) in [5.41, 5.74) is -4.61. The zero-order valence-electron chi connectivity index (χ0n) is 12.9. The van der Waals surface area contributed by atoms with Crippen molar-refractivity contribution in [2.24, 2.45) is 0 Å². The Kier molecular flexibility index (Phi) is 19.3. The number of carbonyl (C=O) groups is 2. The first-order chi connectivity index (χ1) is 10.2. The summed E-state index contributed by atoms with van der Waals surface area (Å²) < 4.78 is 0. The van der Waals surface area contributed by atoms with Crippen LogP contribution in [0.3, 0.4) is 0 Å². The van der Waals surface area contributed by atoms with Crippen molar-refractivity contribution >= 4 is 11.9 Å². The first-order valence-electron chi connectivity index (χ1n) is 5.29. The first kappa shape index (κ1) is 34.9. The van der Waals surface area contributed by atoms with Crippen LogP contribution in [0, 0.1) is 0 Å². The van der Waals surface area contributed by atoms with Crippen molar-refractivity contribution < 1.29 is 58.8 Å². The maximum Gasteiger partial charge on any atom is 2.00 e. The number of hydrogen-bond donors (Lipinski definition) is 4. The summed E-state index contributed by atoms with van der Waals surface area (Å²) in [6.45, 7) is 0. The number of aromatic carboxylic acids is 2. The maximum absolute atomic E-state index is 10.6. The Balaban J connectivity index is -0.000000101. The summed E-state index contributed by atoms with van der Waals surface area (Å²) in [5.74, 6) is -3.25. The van der Waals surface area contributed by atoms with Gasteiger partial charge in [-0.2, -0.15) is 0 Å². The largest absolute Gasteiger partial charge is 2.00 e. The van der Waals surface area contributed by atoms with Gasteiger partial charge in [0.05, 0.1) is 23.1 Å². The van der Waals surface area contributed by atoms with E-state index in [1.54, 1.807) is 9.97 Å². The summed E-state index contributed by atoms with van der Waals surface area (Å²) in [4.78, 5) is 69.5. The maximum atomic E-state index is 10.6. The fourth-order valence-corrected chi connectivity index (χ4v) is 1.12. The Morgan fingerprint density at radius 1 is 0.704 bits per heavy atom. The monoisotopic (exact) mass is 440 g/mol. The Morgan fingerprint density at radius 3 is 1.15 bits per heavy atom. The molecule has 2 aromatic rings. The number of aromatic amines is 4. The number of carboxylic acids is 2. The van der Waals surface area contributed by atoms with E-state index in [1.165, 1.54) is 0 Å². The summed E-state index contributed by atoms with van der Waals surface area (Å²) >= 11 is 0. The van der Waals surface area contributed by atoms with Gasteiger partial charge in [-0.25, -0.2) is 9.59 Å². The van der Waals surface area contributed by atoms with Crippen LogP contribution in [0.1, 0.15) is 20.7 Å². The van der Waals surface area contributed by atoms with Gasteiger partial charge in [0.1, 0.15) is 0 Å². The number of nitrogens with one attached hydrogen (secondary N) is 4. The van der Waals surface area contributed by atoms with Crippen LogP contribution in [0.15, 0.2) is 31.6 Å². The normalized spacial score (nSPS) is 7.70. The third kappa shape index (κ3) is 10.3. The molecule has 154 valence electrons. The zero-order chi connectivity index (χ0) is 16.9. The SMILES string of the molecule is O.O.O=C([O-])c1c[nH]c(=O)[nH]c1=O.O=C([O-])c1c[nH]c(=O)[nH]c1=O.[Fe+2].[OH3+].[OH3+]. The Morgan fingerprint density at radius 2 is 0.963 bits per heavy atom. The minimum atomic E-state index is -1.62. The molecule has 0 fully saturated rings. The van der Waals surface area contributed by atoms with Crippen LogP contribution in [0.25, 0.3) is 0 Å². The summed E-state index contributed by atoms with van der Waals surface area (Å²) in [6, 6.07) is 0. The molecule has 0 aliphatic carbocycles. The van der Waals surface area contributed by atoms with Gasteiger partial charge in [0.25, 0.3) is 11.1 Å². The molecule has 2 rings (SSSR count). The van der Waals surface area contributed by atoms with E-state index >= 15 is 0 Å². The molecular formula is C10H16FeN4O12+2. The summed E-state index contributed by atoms with van der Waals surface area (Å²) in [7, 11) is 0. The number of aromatic nitrogens is 4.